The lowest BCUT2D eigenvalue weighted by Crippen LogP contribution is -2.59. The van der Waals surface area contributed by atoms with Gasteiger partial charge in [-0.3, -0.25) is 9.59 Å². The van der Waals surface area contributed by atoms with Gasteiger partial charge in [0.05, 0.1) is 24.9 Å². The molecule has 3 aliphatic carbocycles. The van der Waals surface area contributed by atoms with Crippen molar-refractivity contribution < 1.29 is 38.5 Å². The summed E-state index contributed by atoms with van der Waals surface area (Å²) < 4.78 is 18.0. The van der Waals surface area contributed by atoms with E-state index in [0.29, 0.717) is 58.5 Å². The smallest absolute Gasteiger partial charge is 0.408 e. The molecule has 4 aliphatic rings. The Labute approximate surface area is 335 Å². The van der Waals surface area contributed by atoms with Gasteiger partial charge in [-0.05, 0) is 74.8 Å². The normalized spacial score (nSPS) is 27.1. The minimum atomic E-state index is -1.41. The molecule has 1 aliphatic heterocycles. The van der Waals surface area contributed by atoms with Gasteiger partial charge in [0.15, 0.2) is 5.13 Å². The van der Waals surface area contributed by atoms with E-state index in [-0.39, 0.29) is 36.1 Å². The van der Waals surface area contributed by atoms with Crippen LogP contribution in [0.25, 0.3) is 22.3 Å². The zero-order valence-corrected chi connectivity index (χ0v) is 34.4. The van der Waals surface area contributed by atoms with Gasteiger partial charge in [-0.25, -0.2) is 19.6 Å². The topological polar surface area (TPSA) is 181 Å². The number of nitrogens with one attached hydrogen (secondary N) is 3. The lowest BCUT2D eigenvalue weighted by molar-refractivity contribution is -0.146. The fraction of sp³-hybridized carbons (Fsp3) is 0.600. The highest BCUT2D eigenvalue weighted by atomic mass is 35.5. The molecule has 302 valence electrons. The lowest BCUT2D eigenvalue weighted by atomic mass is 9.85. The molecule has 16 heteroatoms. The molecule has 4 fully saturated rings. The number of rotatable bonds is 13. The summed E-state index contributed by atoms with van der Waals surface area (Å²) in [7, 11) is 1.52. The molecule has 3 amide bonds. The number of ether oxygens (including phenoxy) is 3. The highest BCUT2D eigenvalue weighted by Gasteiger charge is 2.61. The molecule has 3 saturated carbocycles. The Morgan fingerprint density at radius 3 is 2.41 bits per heavy atom. The minimum absolute atomic E-state index is 0.0221. The van der Waals surface area contributed by atoms with E-state index in [1.54, 1.807) is 18.2 Å². The van der Waals surface area contributed by atoms with E-state index in [1.807, 2.05) is 46.9 Å². The third kappa shape index (κ3) is 7.93. The molecule has 1 saturated heterocycles. The molecule has 1 aromatic carbocycles. The number of nitrogens with zero attached hydrogens (tertiary/aromatic N) is 3. The summed E-state index contributed by atoms with van der Waals surface area (Å²) in [6.45, 7) is 11.4. The maximum atomic E-state index is 14.7. The number of carboxylic acid groups (broad SMARTS) is 1. The number of anilines is 1. The van der Waals surface area contributed by atoms with Crippen molar-refractivity contribution in [3.8, 4) is 22.9 Å². The van der Waals surface area contributed by atoms with Gasteiger partial charge in [-0.15, -0.1) is 11.3 Å². The van der Waals surface area contributed by atoms with E-state index < -0.39 is 53.0 Å². The zero-order chi connectivity index (χ0) is 40.3. The lowest BCUT2D eigenvalue weighted by Gasteiger charge is -2.35. The Morgan fingerprint density at radius 1 is 1.05 bits per heavy atom. The van der Waals surface area contributed by atoms with E-state index >= 15 is 0 Å². The SMILES string of the molecule is CC[C@@H]1C[C@]1(NC(=O)[C@@H]1C[C@@H](Oc2cc(-c3csc(NC(C)C)n3)nc3c(Cl)c(OC)ccc23)CN1C(=O)[C@@H](NC(=O)OC1C[C@@H]2C[C@@H]2C1)C(C)(C)C)C(=O)O. The zero-order valence-electron chi connectivity index (χ0n) is 32.8. The van der Waals surface area contributed by atoms with E-state index in [4.69, 9.17) is 35.8 Å². The molecule has 56 heavy (non-hydrogen) atoms. The summed E-state index contributed by atoms with van der Waals surface area (Å²) in [6, 6.07) is 3.28. The van der Waals surface area contributed by atoms with Crippen LogP contribution in [0.5, 0.6) is 11.5 Å². The van der Waals surface area contributed by atoms with Crippen molar-refractivity contribution in [1.29, 1.82) is 0 Å². The summed E-state index contributed by atoms with van der Waals surface area (Å²) in [5.41, 5.74) is -0.672. The van der Waals surface area contributed by atoms with Gasteiger partial charge >= 0.3 is 12.1 Å². The molecule has 1 unspecified atom stereocenters. The van der Waals surface area contributed by atoms with Gasteiger partial charge in [-0.2, -0.15) is 0 Å². The summed E-state index contributed by atoms with van der Waals surface area (Å²) in [5, 5.41) is 22.6. The van der Waals surface area contributed by atoms with Crippen molar-refractivity contribution >= 4 is 62.8 Å². The molecule has 0 radical (unpaired) electrons. The van der Waals surface area contributed by atoms with Crippen LogP contribution >= 0.6 is 22.9 Å². The standard InChI is InChI=1S/C40H51ClN6O8S/c1-8-22-16-40(22,36(50)51)46-34(48)28-14-24(17-47(28)35(49)33(39(4,5)6)45-38(52)55-23-12-20-11-21(20)13-23)54-30-15-26(27-18-56-37(44-27)42-19(2)3)43-32-25(30)9-10-29(53-7)31(32)41/h9-10,15,18-24,28,33H,8,11-14,16-17H2,1-7H3,(H,42,44)(H,45,52)(H,46,48)(H,50,51)/t20-,21+,22-,23?,24-,28+,33-,40-/m1/s1. The number of aliphatic carboxylic acids is 1. The van der Waals surface area contributed by atoms with Gasteiger partial charge in [0.1, 0.15) is 52.0 Å². The minimum Gasteiger partial charge on any atom is -0.495 e. The number of methoxy groups -OCH3 is 1. The monoisotopic (exact) mass is 810 g/mol. The van der Waals surface area contributed by atoms with Crippen LogP contribution in [0.1, 0.15) is 80.1 Å². The number of thiazole rings is 1. The molecule has 7 rings (SSSR count). The van der Waals surface area contributed by atoms with Crippen molar-refractivity contribution in [2.75, 3.05) is 19.0 Å². The average molecular weight is 811 g/mol. The number of benzene rings is 1. The molecule has 0 bridgehead atoms. The molecule has 14 nitrogen and oxygen atoms in total. The number of aromatic nitrogens is 2. The first-order valence-electron chi connectivity index (χ1n) is 19.4. The second kappa shape index (κ2) is 15.2. The maximum absolute atomic E-state index is 14.7. The summed E-state index contributed by atoms with van der Waals surface area (Å²) >= 11 is 8.26. The molecule has 3 aromatic rings. The highest BCUT2D eigenvalue weighted by molar-refractivity contribution is 7.14. The third-order valence-corrected chi connectivity index (χ3v) is 12.7. The van der Waals surface area contributed by atoms with Crippen molar-refractivity contribution in [3.63, 3.8) is 0 Å². The quantitative estimate of drug-likeness (QED) is 0.148. The Bertz CT molecular complexity index is 2030. The fourth-order valence-corrected chi connectivity index (χ4v) is 9.46. The number of pyridine rings is 1. The van der Waals surface area contributed by atoms with Crippen LogP contribution in [-0.4, -0.2) is 93.4 Å². The Balaban J connectivity index is 1.20. The first-order valence-corrected chi connectivity index (χ1v) is 20.7. The molecule has 0 spiro atoms. The molecule has 3 heterocycles. The summed E-state index contributed by atoms with van der Waals surface area (Å²) in [4.78, 5) is 65.5. The van der Waals surface area contributed by atoms with E-state index in [2.05, 4.69) is 16.0 Å². The van der Waals surface area contributed by atoms with E-state index in [1.165, 1.54) is 29.8 Å². The number of carbonyl (C=O) groups excluding carboxylic acids is 3. The first-order chi connectivity index (χ1) is 26.5. The molecular weight excluding hydrogens is 760 g/mol. The van der Waals surface area contributed by atoms with Crippen LogP contribution in [0.15, 0.2) is 23.6 Å². The molecule has 4 N–H and O–H groups in total. The number of likely N-dealkylation sites (tertiary alicyclic amines) is 1. The summed E-state index contributed by atoms with van der Waals surface area (Å²) in [6.07, 6.45) is 2.16. The van der Waals surface area contributed by atoms with Crippen LogP contribution in [0.4, 0.5) is 9.93 Å². The van der Waals surface area contributed by atoms with Gasteiger partial charge < -0.3 is 40.2 Å². The number of carboxylic acids is 1. The summed E-state index contributed by atoms with van der Waals surface area (Å²) in [5.74, 6) is -0.397. The second-order valence-electron chi connectivity index (χ2n) is 17.1. The van der Waals surface area contributed by atoms with Crippen LogP contribution in [0.2, 0.25) is 5.02 Å². The van der Waals surface area contributed by atoms with Gasteiger partial charge in [-0.1, -0.05) is 45.7 Å². The predicted molar refractivity (Wildman–Crippen MR) is 212 cm³/mol. The number of halogens is 1. The van der Waals surface area contributed by atoms with E-state index in [0.717, 1.165) is 18.0 Å². The van der Waals surface area contributed by atoms with Gasteiger partial charge in [0, 0.05) is 29.3 Å². The Hall–Kier alpha value is -4.37. The fourth-order valence-electron chi connectivity index (χ4n) is 8.32. The predicted octanol–water partition coefficient (Wildman–Crippen LogP) is 6.50. The van der Waals surface area contributed by atoms with Gasteiger partial charge in [0.2, 0.25) is 11.8 Å². The number of carbonyl (C=O) groups is 4. The largest absolute Gasteiger partial charge is 0.495 e. The number of alkyl carbamates (subject to hydrolysis) is 1. The van der Waals surface area contributed by atoms with Crippen molar-refractivity contribution in [3.05, 3.63) is 28.6 Å². The van der Waals surface area contributed by atoms with Crippen LogP contribution < -0.4 is 25.4 Å². The van der Waals surface area contributed by atoms with Crippen molar-refractivity contribution in [2.45, 2.75) is 116 Å². The maximum Gasteiger partial charge on any atom is 0.408 e. The number of hydrogen-bond acceptors (Lipinski definition) is 11. The first kappa shape index (κ1) is 39.8. The van der Waals surface area contributed by atoms with Crippen LogP contribution in [0, 0.1) is 23.2 Å². The highest BCUT2D eigenvalue weighted by Crippen LogP contribution is 2.52. The van der Waals surface area contributed by atoms with Crippen molar-refractivity contribution in [2.24, 2.45) is 23.2 Å². The number of amides is 3. The Kier molecular flexibility index (Phi) is 10.8. The second-order valence-corrected chi connectivity index (χ2v) is 18.3. The van der Waals surface area contributed by atoms with E-state index in [9.17, 15) is 24.3 Å². The number of hydrogen-bond donors (Lipinski definition) is 4. The van der Waals surface area contributed by atoms with Crippen molar-refractivity contribution in [1.82, 2.24) is 25.5 Å². The third-order valence-electron chi connectivity index (χ3n) is 11.6. The number of fused-ring (bicyclic) bond motifs is 2. The molecule has 8 atom stereocenters. The van der Waals surface area contributed by atoms with Crippen LogP contribution in [-0.2, 0) is 19.1 Å². The molecule has 2 aromatic heterocycles. The average Bonchev–Trinajstić information content (AvgIpc) is 3.80. The van der Waals surface area contributed by atoms with Gasteiger partial charge in [0.25, 0.3) is 0 Å². The Morgan fingerprint density at radius 2 is 1.79 bits per heavy atom. The molecular formula is C40H51ClN6O8S. The van der Waals surface area contributed by atoms with Crippen LogP contribution in [0.3, 0.4) is 0 Å².